The molecule has 1 aromatic heterocycles. The summed E-state index contributed by atoms with van der Waals surface area (Å²) in [5.41, 5.74) is 0.970. The molecule has 0 saturated carbocycles. The van der Waals surface area contributed by atoms with E-state index in [2.05, 4.69) is 6.58 Å². The molecule has 0 radical (unpaired) electrons. The number of amides is 1. The Kier molecular flexibility index (Phi) is 4.03. The van der Waals surface area contributed by atoms with Gasteiger partial charge in [-0.3, -0.25) is 9.59 Å². The van der Waals surface area contributed by atoms with E-state index >= 15 is 0 Å². The average molecular weight is 317 g/mol. The summed E-state index contributed by atoms with van der Waals surface area (Å²) < 4.78 is 1.93. The van der Waals surface area contributed by atoms with Crippen LogP contribution in [0.25, 0.3) is 10.9 Å². The van der Waals surface area contributed by atoms with Gasteiger partial charge >= 0.3 is 0 Å². The van der Waals surface area contributed by atoms with E-state index < -0.39 is 0 Å². The fourth-order valence-electron chi connectivity index (χ4n) is 2.91. The molecule has 1 amide bonds. The lowest BCUT2D eigenvalue weighted by atomic mass is 9.94. The predicted molar refractivity (Wildman–Crippen MR) is 86.8 cm³/mol. The number of halogens is 1. The van der Waals surface area contributed by atoms with Gasteiger partial charge in [0, 0.05) is 47.6 Å². The fourth-order valence-corrected chi connectivity index (χ4v) is 3.14. The summed E-state index contributed by atoms with van der Waals surface area (Å²) in [5, 5.41) is 1.66. The molecule has 0 aliphatic carbocycles. The topological polar surface area (TPSA) is 42.3 Å². The van der Waals surface area contributed by atoms with Gasteiger partial charge in [-0.05, 0) is 24.3 Å². The Morgan fingerprint density at radius 2 is 2.09 bits per heavy atom. The van der Waals surface area contributed by atoms with Gasteiger partial charge in [0.15, 0.2) is 5.78 Å². The molecule has 1 aliphatic rings. The standard InChI is InChI=1S/C17H17ClN2O2/c1-2-17(22)20-9-12(10-20)8-13(21)11-19-7-6-14-15(18)4-3-5-16(14)19/h2-7,12H,1,8-11H2. The summed E-state index contributed by atoms with van der Waals surface area (Å²) in [6.45, 7) is 5.10. The van der Waals surface area contributed by atoms with E-state index in [0.29, 0.717) is 31.1 Å². The van der Waals surface area contributed by atoms with Gasteiger partial charge in [0.25, 0.3) is 0 Å². The minimum absolute atomic E-state index is 0.0604. The van der Waals surface area contributed by atoms with E-state index in [1.54, 1.807) is 4.90 Å². The number of carbonyl (C=O) groups is 2. The van der Waals surface area contributed by atoms with Crippen molar-refractivity contribution in [2.24, 2.45) is 5.92 Å². The van der Waals surface area contributed by atoms with Gasteiger partial charge < -0.3 is 9.47 Å². The second-order valence-electron chi connectivity index (χ2n) is 5.67. The maximum atomic E-state index is 12.2. The monoisotopic (exact) mass is 316 g/mol. The molecule has 0 atom stereocenters. The maximum absolute atomic E-state index is 12.2. The van der Waals surface area contributed by atoms with E-state index in [1.165, 1.54) is 6.08 Å². The van der Waals surface area contributed by atoms with Crippen molar-refractivity contribution in [2.75, 3.05) is 13.1 Å². The van der Waals surface area contributed by atoms with Gasteiger partial charge in [0.1, 0.15) is 0 Å². The van der Waals surface area contributed by atoms with Gasteiger partial charge in [0.05, 0.1) is 6.54 Å². The summed E-state index contributed by atoms with van der Waals surface area (Å²) in [5.74, 6) is 0.379. The molecule has 3 rings (SSSR count). The number of Topliss-reactive ketones (excluding diaryl/α,β-unsaturated/α-hetero) is 1. The van der Waals surface area contributed by atoms with E-state index in [4.69, 9.17) is 11.6 Å². The Labute approximate surface area is 134 Å². The Bertz CT molecular complexity index is 744. The summed E-state index contributed by atoms with van der Waals surface area (Å²) >= 11 is 6.14. The highest BCUT2D eigenvalue weighted by Crippen LogP contribution is 2.25. The largest absolute Gasteiger partial charge is 0.340 e. The van der Waals surface area contributed by atoms with Gasteiger partial charge in [-0.25, -0.2) is 0 Å². The van der Waals surface area contributed by atoms with Crippen LogP contribution in [0, 0.1) is 5.92 Å². The first-order valence-electron chi connectivity index (χ1n) is 7.25. The zero-order valence-electron chi connectivity index (χ0n) is 12.2. The predicted octanol–water partition coefficient (Wildman–Crippen LogP) is 2.90. The van der Waals surface area contributed by atoms with Crippen molar-refractivity contribution >= 4 is 34.2 Å². The van der Waals surface area contributed by atoms with Crippen LogP contribution in [0.2, 0.25) is 5.02 Å². The van der Waals surface area contributed by atoms with Crippen molar-refractivity contribution in [1.82, 2.24) is 9.47 Å². The van der Waals surface area contributed by atoms with Crippen molar-refractivity contribution in [1.29, 1.82) is 0 Å². The molecule has 4 nitrogen and oxygen atoms in total. The van der Waals surface area contributed by atoms with Crippen LogP contribution in [0.4, 0.5) is 0 Å². The zero-order valence-corrected chi connectivity index (χ0v) is 12.9. The van der Waals surface area contributed by atoms with E-state index in [-0.39, 0.29) is 17.6 Å². The number of fused-ring (bicyclic) bond motifs is 1. The first-order valence-corrected chi connectivity index (χ1v) is 7.62. The first-order chi connectivity index (χ1) is 10.6. The number of likely N-dealkylation sites (tertiary alicyclic amines) is 1. The van der Waals surface area contributed by atoms with Crippen LogP contribution in [0.5, 0.6) is 0 Å². The molecule has 2 aromatic rings. The molecule has 114 valence electrons. The van der Waals surface area contributed by atoms with Gasteiger partial charge in [0.2, 0.25) is 5.91 Å². The summed E-state index contributed by atoms with van der Waals surface area (Å²) in [6.07, 6.45) is 3.71. The molecule has 0 bridgehead atoms. The van der Waals surface area contributed by atoms with Crippen LogP contribution in [0.1, 0.15) is 6.42 Å². The first kappa shape index (κ1) is 14.9. The number of hydrogen-bond acceptors (Lipinski definition) is 2. The quantitative estimate of drug-likeness (QED) is 0.796. The molecule has 22 heavy (non-hydrogen) atoms. The van der Waals surface area contributed by atoms with Gasteiger partial charge in [-0.15, -0.1) is 0 Å². The van der Waals surface area contributed by atoms with Crippen LogP contribution in [-0.4, -0.2) is 34.2 Å². The molecule has 2 heterocycles. The highest BCUT2D eigenvalue weighted by molar-refractivity contribution is 6.35. The number of ketones is 1. The Morgan fingerprint density at radius 3 is 2.82 bits per heavy atom. The molecule has 0 spiro atoms. The highest BCUT2D eigenvalue weighted by atomic mass is 35.5. The second-order valence-corrected chi connectivity index (χ2v) is 6.08. The maximum Gasteiger partial charge on any atom is 0.245 e. The highest BCUT2D eigenvalue weighted by Gasteiger charge is 2.30. The van der Waals surface area contributed by atoms with Crippen molar-refractivity contribution in [3.05, 3.63) is 48.1 Å². The fraction of sp³-hybridized carbons (Fsp3) is 0.294. The number of benzene rings is 1. The molecule has 5 heteroatoms. The van der Waals surface area contributed by atoms with Crippen molar-refractivity contribution < 1.29 is 9.59 Å². The van der Waals surface area contributed by atoms with E-state index in [0.717, 1.165) is 10.9 Å². The minimum Gasteiger partial charge on any atom is -0.340 e. The third-order valence-corrected chi connectivity index (χ3v) is 4.40. The lowest BCUT2D eigenvalue weighted by Crippen LogP contribution is -2.50. The molecule has 1 fully saturated rings. The smallest absolute Gasteiger partial charge is 0.245 e. The third-order valence-electron chi connectivity index (χ3n) is 4.07. The van der Waals surface area contributed by atoms with Crippen molar-refractivity contribution in [3.63, 3.8) is 0 Å². The average Bonchev–Trinajstić information content (AvgIpc) is 2.86. The van der Waals surface area contributed by atoms with Crippen LogP contribution in [0.3, 0.4) is 0 Å². The number of rotatable bonds is 5. The molecular weight excluding hydrogens is 300 g/mol. The van der Waals surface area contributed by atoms with Crippen molar-refractivity contribution in [3.8, 4) is 0 Å². The lowest BCUT2D eigenvalue weighted by Gasteiger charge is -2.38. The summed E-state index contributed by atoms with van der Waals surface area (Å²) in [6, 6.07) is 7.62. The van der Waals surface area contributed by atoms with Crippen LogP contribution < -0.4 is 0 Å². The van der Waals surface area contributed by atoms with E-state index in [1.807, 2.05) is 35.0 Å². The molecule has 0 N–H and O–H groups in total. The molecule has 1 aromatic carbocycles. The van der Waals surface area contributed by atoms with Crippen LogP contribution in [-0.2, 0) is 16.1 Å². The normalized spacial score (nSPS) is 14.9. The van der Waals surface area contributed by atoms with Crippen molar-refractivity contribution in [2.45, 2.75) is 13.0 Å². The second kappa shape index (κ2) is 5.97. The molecule has 1 saturated heterocycles. The third kappa shape index (κ3) is 2.79. The number of nitrogens with zero attached hydrogens (tertiary/aromatic N) is 2. The zero-order chi connectivity index (χ0) is 15.7. The van der Waals surface area contributed by atoms with Gasteiger partial charge in [-0.1, -0.05) is 24.2 Å². The van der Waals surface area contributed by atoms with E-state index in [9.17, 15) is 9.59 Å². The molecule has 1 aliphatic heterocycles. The Morgan fingerprint density at radius 1 is 1.32 bits per heavy atom. The lowest BCUT2D eigenvalue weighted by molar-refractivity contribution is -0.134. The minimum atomic E-state index is -0.0604. The van der Waals surface area contributed by atoms with Gasteiger partial charge in [-0.2, -0.15) is 0 Å². The van der Waals surface area contributed by atoms with Crippen LogP contribution >= 0.6 is 11.6 Å². The number of carbonyl (C=O) groups excluding carboxylic acids is 2. The number of hydrogen-bond donors (Lipinski definition) is 0. The molecular formula is C17H17ClN2O2. The Balaban J connectivity index is 1.59. The number of aromatic nitrogens is 1. The summed E-state index contributed by atoms with van der Waals surface area (Å²) in [4.78, 5) is 25.3. The molecule has 0 unspecified atom stereocenters. The van der Waals surface area contributed by atoms with Crippen LogP contribution in [0.15, 0.2) is 43.1 Å². The SMILES string of the molecule is C=CC(=O)N1CC(CC(=O)Cn2ccc3c(Cl)cccc32)C1. The Hall–Kier alpha value is -2.07. The summed E-state index contributed by atoms with van der Waals surface area (Å²) in [7, 11) is 0.